The van der Waals surface area contributed by atoms with Crippen molar-refractivity contribution >= 4 is 70.4 Å². The fourth-order valence-corrected chi connectivity index (χ4v) is 9.84. The predicted molar refractivity (Wildman–Crippen MR) is 309 cm³/mol. The summed E-state index contributed by atoms with van der Waals surface area (Å²) in [6.45, 7) is -1.69. The van der Waals surface area contributed by atoms with Gasteiger partial charge in [0.1, 0.15) is 53.4 Å². The Morgan fingerprint density at radius 3 is 1.76 bits per heavy atom. The van der Waals surface area contributed by atoms with Crippen molar-refractivity contribution < 1.29 is 78.5 Å². The Morgan fingerprint density at radius 2 is 1.12 bits per heavy atom. The maximum absolute atomic E-state index is 14.3. The number of anilines is 1. The standard InChI is InChI=1S/C60H60N8O16S/c69-37-14-9-34(10-15-37)25-46(56(80)64-31-53(76)67-45(24-33-6-2-1-3-7-33)55(79)63-30-52(75)62-32-54(77)78)68-57(81)44(66-51(74)22-12-35-11-21-47(72)48(73)26-35)8-4-5-23-61-59(85)65-36-13-18-41-40(27-36)58(82)84-60(41)42-19-16-38(70)28-49(42)83-50-29-39(71)17-20-43(50)60/h1-3,6-7,9-11,13-21,26-29,44-46,69-73H,4-5,8,12,22-25,30-32H2,(H,62,75)(H,63,79)(H,64,80)(H,66,74)(H,67,76)(H,68,81)(H,77,78)(H2,61,65,85)/t44-,45-,46-/m0/s1. The van der Waals surface area contributed by atoms with Crippen molar-refractivity contribution in [2.45, 2.75) is 68.7 Å². The first-order valence-electron chi connectivity index (χ1n) is 26.8. The first kappa shape index (κ1) is 60.7. The van der Waals surface area contributed by atoms with E-state index in [0.29, 0.717) is 51.9 Å². The highest BCUT2D eigenvalue weighted by Gasteiger charge is 2.54. The second kappa shape index (κ2) is 27.6. The van der Waals surface area contributed by atoms with Gasteiger partial charge < -0.3 is 82.6 Å². The maximum Gasteiger partial charge on any atom is 0.340 e. The minimum Gasteiger partial charge on any atom is -0.508 e. The molecule has 0 saturated carbocycles. The molecule has 6 amide bonds. The van der Waals surface area contributed by atoms with Crippen LogP contribution in [0.15, 0.2) is 127 Å². The van der Waals surface area contributed by atoms with E-state index < -0.39 is 90.7 Å². The number of amides is 6. The van der Waals surface area contributed by atoms with Gasteiger partial charge in [-0.3, -0.25) is 33.6 Å². The molecule has 0 aliphatic carbocycles. The summed E-state index contributed by atoms with van der Waals surface area (Å²) in [5.74, 6) is -7.00. The quantitative estimate of drug-likeness (QED) is 0.0169. The van der Waals surface area contributed by atoms with Gasteiger partial charge in [-0.1, -0.05) is 54.6 Å². The van der Waals surface area contributed by atoms with Crippen molar-refractivity contribution in [2.75, 3.05) is 31.5 Å². The molecule has 6 aromatic rings. The number of hydrogen-bond acceptors (Lipinski definition) is 16. The minimum atomic E-state index is -1.47. The van der Waals surface area contributed by atoms with Crippen LogP contribution in [0.4, 0.5) is 5.69 Å². The summed E-state index contributed by atoms with van der Waals surface area (Å²) in [6, 6.07) is 28.5. The van der Waals surface area contributed by atoms with E-state index in [9.17, 15) is 63.9 Å². The third-order valence-electron chi connectivity index (χ3n) is 13.8. The Labute approximate surface area is 491 Å². The van der Waals surface area contributed by atoms with Crippen LogP contribution < -0.4 is 47.3 Å². The average Bonchev–Trinajstić information content (AvgIpc) is 2.25. The lowest BCUT2D eigenvalue weighted by Crippen LogP contribution is -2.56. The number of thiocarbonyl (C=S) groups is 1. The Balaban J connectivity index is 0.913. The number of phenols is 5. The second-order valence-electron chi connectivity index (χ2n) is 20.0. The number of aryl methyl sites for hydroxylation is 1. The number of carbonyl (C=O) groups is 8. The number of aromatic hydroxyl groups is 5. The number of carboxylic acids is 1. The highest BCUT2D eigenvalue weighted by molar-refractivity contribution is 7.80. The van der Waals surface area contributed by atoms with Gasteiger partial charge in [-0.15, -0.1) is 0 Å². The van der Waals surface area contributed by atoms with Crippen LogP contribution in [0.1, 0.15) is 69.4 Å². The molecule has 2 aliphatic rings. The lowest BCUT2D eigenvalue weighted by molar-refractivity contribution is -0.138. The van der Waals surface area contributed by atoms with Crippen LogP contribution in [0.3, 0.4) is 0 Å². The number of ether oxygens (including phenoxy) is 2. The van der Waals surface area contributed by atoms with E-state index in [4.69, 9.17) is 26.8 Å². The van der Waals surface area contributed by atoms with Gasteiger partial charge >= 0.3 is 11.9 Å². The summed E-state index contributed by atoms with van der Waals surface area (Å²) in [5.41, 5.74) is 2.25. The topological polar surface area (TPSA) is 373 Å². The Hall–Kier alpha value is -10.4. The van der Waals surface area contributed by atoms with Crippen LogP contribution in [0.25, 0.3) is 0 Å². The van der Waals surface area contributed by atoms with E-state index in [1.54, 1.807) is 60.7 Å². The third kappa shape index (κ3) is 15.8. The lowest BCUT2D eigenvalue weighted by atomic mass is 9.77. The van der Waals surface area contributed by atoms with Crippen LogP contribution in [0, 0.1) is 0 Å². The molecule has 6 aromatic carbocycles. The number of hydrogen-bond donors (Lipinski definition) is 14. The highest BCUT2D eigenvalue weighted by atomic mass is 32.1. The van der Waals surface area contributed by atoms with Gasteiger partial charge in [0, 0.05) is 60.3 Å². The summed E-state index contributed by atoms with van der Waals surface area (Å²) in [6.07, 6.45) is 0.548. The van der Waals surface area contributed by atoms with Crippen molar-refractivity contribution in [3.05, 3.63) is 166 Å². The molecule has 0 bridgehead atoms. The van der Waals surface area contributed by atoms with E-state index in [0.717, 1.165) is 0 Å². The number of aliphatic carboxylic acids is 1. The van der Waals surface area contributed by atoms with Crippen molar-refractivity contribution in [1.29, 1.82) is 0 Å². The van der Waals surface area contributed by atoms with Crippen molar-refractivity contribution in [1.82, 2.24) is 37.2 Å². The molecule has 2 heterocycles. The van der Waals surface area contributed by atoms with Crippen LogP contribution in [-0.2, 0) is 63.2 Å². The highest BCUT2D eigenvalue weighted by Crippen LogP contribution is 2.57. The summed E-state index contributed by atoms with van der Waals surface area (Å²) in [4.78, 5) is 105. The molecule has 0 aromatic heterocycles. The number of esters is 1. The zero-order valence-corrected chi connectivity index (χ0v) is 46.1. The zero-order chi connectivity index (χ0) is 60.8. The molecule has 3 atom stereocenters. The Kier molecular flexibility index (Phi) is 19.7. The molecule has 0 unspecified atom stereocenters. The number of carbonyl (C=O) groups excluding carboxylic acids is 7. The third-order valence-corrected chi connectivity index (χ3v) is 14.0. The van der Waals surface area contributed by atoms with Gasteiger partial charge in [0.2, 0.25) is 35.4 Å². The first-order chi connectivity index (χ1) is 40.7. The molecule has 1 spiro atoms. The summed E-state index contributed by atoms with van der Waals surface area (Å²) >= 11 is 5.61. The largest absolute Gasteiger partial charge is 0.508 e. The molecule has 85 heavy (non-hydrogen) atoms. The van der Waals surface area contributed by atoms with Gasteiger partial charge in [0.05, 0.1) is 18.7 Å². The van der Waals surface area contributed by atoms with Crippen LogP contribution in [-0.4, -0.2) is 127 Å². The first-order valence-corrected chi connectivity index (χ1v) is 27.2. The fourth-order valence-electron chi connectivity index (χ4n) is 9.62. The van der Waals surface area contributed by atoms with Crippen LogP contribution >= 0.6 is 12.2 Å². The molecule has 8 rings (SSSR count). The van der Waals surface area contributed by atoms with Gasteiger partial charge in [0.15, 0.2) is 22.2 Å². The van der Waals surface area contributed by atoms with E-state index in [2.05, 4.69) is 42.5 Å². The number of unbranched alkanes of at least 4 members (excludes halogenated alkanes) is 1. The van der Waals surface area contributed by atoms with Gasteiger partial charge in [-0.25, -0.2) is 4.79 Å². The zero-order valence-electron chi connectivity index (χ0n) is 45.3. The van der Waals surface area contributed by atoms with E-state index in [1.807, 2.05) is 0 Å². The van der Waals surface area contributed by atoms with E-state index >= 15 is 0 Å². The fraction of sp³-hybridized carbons (Fsp3) is 0.250. The predicted octanol–water partition coefficient (Wildman–Crippen LogP) is 3.25. The van der Waals surface area contributed by atoms with E-state index in [1.165, 1.54) is 66.7 Å². The number of phenolic OH excluding ortho intramolecular Hbond substituents is 5. The van der Waals surface area contributed by atoms with Gasteiger partial charge in [-0.2, -0.15) is 0 Å². The average molecular weight is 1180 g/mol. The van der Waals surface area contributed by atoms with Gasteiger partial charge in [0.25, 0.3) is 0 Å². The molecular weight excluding hydrogens is 1120 g/mol. The maximum atomic E-state index is 14.3. The molecule has 442 valence electrons. The Morgan fingerprint density at radius 1 is 0.529 bits per heavy atom. The lowest BCUT2D eigenvalue weighted by Gasteiger charge is -2.36. The molecule has 14 N–H and O–H groups in total. The molecule has 25 heteroatoms. The number of fused-ring (bicyclic) bond motifs is 6. The smallest absolute Gasteiger partial charge is 0.340 e. The number of nitrogens with one attached hydrogen (secondary N) is 8. The van der Waals surface area contributed by atoms with E-state index in [-0.39, 0.29) is 89.6 Å². The summed E-state index contributed by atoms with van der Waals surface area (Å²) in [7, 11) is 0. The van der Waals surface area contributed by atoms with Gasteiger partial charge in [-0.05, 0) is 115 Å². The molecular formula is C60H60N8O16S. The van der Waals surface area contributed by atoms with Crippen LogP contribution in [0.5, 0.6) is 40.2 Å². The Bertz CT molecular complexity index is 3480. The van der Waals surface area contributed by atoms with Crippen molar-refractivity contribution in [3.63, 3.8) is 0 Å². The molecule has 0 fully saturated rings. The summed E-state index contributed by atoms with van der Waals surface area (Å²) in [5, 5.41) is 80.6. The number of benzene rings is 6. The number of rotatable bonds is 25. The molecule has 24 nitrogen and oxygen atoms in total. The SMILES string of the molecule is O=C(O)CNC(=O)CNC(=O)[C@H](Cc1ccccc1)NC(=O)CNC(=O)[C@H](Cc1ccc(O)cc1)NC(=O)[C@H](CCCCNC(=S)Nc1ccc2c(c1)C(=O)OC21c2ccc(O)cc2Oc2cc(O)ccc21)NC(=O)CCc1ccc(O)c(O)c1. The normalized spacial score (nSPS) is 13.3. The number of carboxylic acid groups (broad SMARTS) is 1. The van der Waals surface area contributed by atoms with Crippen LogP contribution in [0.2, 0.25) is 0 Å². The second-order valence-corrected chi connectivity index (χ2v) is 20.4. The monoisotopic (exact) mass is 1180 g/mol. The minimum absolute atomic E-state index is 0.0327. The van der Waals surface area contributed by atoms with Crippen molar-refractivity contribution in [2.24, 2.45) is 0 Å². The molecule has 0 saturated heterocycles. The summed E-state index contributed by atoms with van der Waals surface area (Å²) < 4.78 is 12.2. The van der Waals surface area contributed by atoms with Crippen molar-refractivity contribution in [3.8, 4) is 40.2 Å². The molecule has 2 aliphatic heterocycles. The molecule has 0 radical (unpaired) electrons.